The average Bonchev–Trinajstić information content (AvgIpc) is 2.36. The molecule has 0 spiro atoms. The van der Waals surface area contributed by atoms with Crippen LogP contribution in [0.5, 0.6) is 0 Å². The lowest BCUT2D eigenvalue weighted by atomic mass is 9.87. The fourth-order valence-electron chi connectivity index (χ4n) is 2.94. The Labute approximate surface area is 107 Å². The molecule has 18 heavy (non-hydrogen) atoms. The lowest BCUT2D eigenvalue weighted by Crippen LogP contribution is -2.54. The van der Waals surface area contributed by atoms with Crippen molar-refractivity contribution in [2.45, 2.75) is 12.5 Å². The van der Waals surface area contributed by atoms with E-state index in [1.54, 1.807) is 0 Å². The molecule has 0 aliphatic carbocycles. The summed E-state index contributed by atoms with van der Waals surface area (Å²) in [4.78, 5) is 2.10. The molecule has 1 aromatic rings. The van der Waals surface area contributed by atoms with Crippen LogP contribution >= 0.6 is 0 Å². The Kier molecular flexibility index (Phi) is 2.56. The molecule has 4 nitrogen and oxygen atoms in total. The first-order valence-electron chi connectivity index (χ1n) is 6.05. The van der Waals surface area contributed by atoms with E-state index in [4.69, 9.17) is 0 Å². The molecule has 0 bridgehead atoms. The van der Waals surface area contributed by atoms with Crippen LogP contribution in [0.25, 0.3) is 0 Å². The molecule has 1 fully saturated rings. The van der Waals surface area contributed by atoms with Crippen LogP contribution in [0.3, 0.4) is 0 Å². The van der Waals surface area contributed by atoms with E-state index in [0.717, 1.165) is 11.3 Å². The fraction of sp³-hybridized carbons (Fsp3) is 0.462. The van der Waals surface area contributed by atoms with Crippen molar-refractivity contribution in [1.82, 2.24) is 0 Å². The zero-order chi connectivity index (χ0) is 12.8. The summed E-state index contributed by atoms with van der Waals surface area (Å²) >= 11 is 0. The number of sulfone groups is 1. The summed E-state index contributed by atoms with van der Waals surface area (Å²) in [7, 11) is -2.99. The van der Waals surface area contributed by atoms with Crippen LogP contribution in [0.4, 0.5) is 5.69 Å². The van der Waals surface area contributed by atoms with Gasteiger partial charge in [0, 0.05) is 12.2 Å². The second-order valence-electron chi connectivity index (χ2n) is 4.94. The molecule has 1 aromatic carbocycles. The quantitative estimate of drug-likeness (QED) is 0.699. The van der Waals surface area contributed by atoms with E-state index < -0.39 is 9.84 Å². The number of nitrogens with zero attached hydrogens (tertiary/aromatic N) is 2. The third-order valence-corrected chi connectivity index (χ3v) is 5.49. The summed E-state index contributed by atoms with van der Waals surface area (Å²) in [5.74, 6) is 0.0743. The molecule has 0 saturated carbocycles. The van der Waals surface area contributed by atoms with Crippen molar-refractivity contribution in [3.8, 4) is 6.07 Å². The molecular formula is C13H14N2O2S. The molecular weight excluding hydrogens is 248 g/mol. The predicted octanol–water partition coefficient (Wildman–Crippen LogP) is 0.986. The molecule has 5 heteroatoms. The first kappa shape index (κ1) is 11.5. The zero-order valence-electron chi connectivity index (χ0n) is 9.91. The third kappa shape index (κ3) is 1.77. The van der Waals surface area contributed by atoms with Crippen LogP contribution in [-0.2, 0) is 16.3 Å². The number of rotatable bonds is 0. The lowest BCUT2D eigenvalue weighted by molar-refractivity contribution is 0.462. The maximum absolute atomic E-state index is 11.7. The highest BCUT2D eigenvalue weighted by molar-refractivity contribution is 7.91. The summed E-state index contributed by atoms with van der Waals surface area (Å²) in [5, 5.41) is 9.25. The van der Waals surface area contributed by atoms with Gasteiger partial charge in [0.1, 0.15) is 0 Å². The molecule has 2 heterocycles. The van der Waals surface area contributed by atoms with Crippen LogP contribution in [-0.4, -0.2) is 32.5 Å². The average molecular weight is 262 g/mol. The van der Waals surface area contributed by atoms with Gasteiger partial charge in [0.2, 0.25) is 0 Å². The largest absolute Gasteiger partial charge is 0.365 e. The van der Waals surface area contributed by atoms with Crippen molar-refractivity contribution in [3.05, 3.63) is 29.8 Å². The van der Waals surface area contributed by atoms with Gasteiger partial charge < -0.3 is 4.90 Å². The Balaban J connectivity index is 2.06. The number of fused-ring (bicyclic) bond motifs is 3. The molecule has 0 N–H and O–H groups in total. The van der Waals surface area contributed by atoms with E-state index in [2.05, 4.69) is 11.0 Å². The van der Waals surface area contributed by atoms with Gasteiger partial charge in [-0.15, -0.1) is 0 Å². The van der Waals surface area contributed by atoms with Crippen molar-refractivity contribution in [2.24, 2.45) is 5.92 Å². The smallest absolute Gasteiger partial charge is 0.154 e. The molecule has 2 aliphatic rings. The summed E-state index contributed by atoms with van der Waals surface area (Å²) in [6.45, 7) is 0.502. The van der Waals surface area contributed by atoms with E-state index in [9.17, 15) is 13.7 Å². The molecule has 0 unspecified atom stereocenters. The van der Waals surface area contributed by atoms with Gasteiger partial charge in [0.25, 0.3) is 0 Å². The molecule has 94 valence electrons. The number of para-hydroxylation sites is 1. The minimum atomic E-state index is -2.99. The number of benzene rings is 1. The molecule has 0 radical (unpaired) electrons. The maximum atomic E-state index is 11.7. The van der Waals surface area contributed by atoms with Crippen LogP contribution < -0.4 is 4.90 Å². The van der Waals surface area contributed by atoms with Crippen molar-refractivity contribution in [2.75, 3.05) is 23.0 Å². The van der Waals surface area contributed by atoms with Gasteiger partial charge in [-0.05, 0) is 18.1 Å². The highest BCUT2D eigenvalue weighted by atomic mass is 32.2. The number of anilines is 1. The van der Waals surface area contributed by atoms with Gasteiger partial charge in [-0.25, -0.2) is 8.42 Å². The molecule has 3 rings (SSSR count). The second kappa shape index (κ2) is 3.99. The fourth-order valence-corrected chi connectivity index (χ4v) is 4.51. The van der Waals surface area contributed by atoms with Gasteiger partial charge in [-0.3, -0.25) is 0 Å². The van der Waals surface area contributed by atoms with Gasteiger partial charge in [0.15, 0.2) is 9.84 Å². The predicted molar refractivity (Wildman–Crippen MR) is 69.0 cm³/mol. The van der Waals surface area contributed by atoms with Gasteiger partial charge in [0.05, 0.1) is 29.5 Å². The van der Waals surface area contributed by atoms with Gasteiger partial charge in [-0.1, -0.05) is 18.2 Å². The normalized spacial score (nSPS) is 28.9. The Bertz CT molecular complexity index is 618. The Morgan fingerprint density at radius 1 is 1.33 bits per heavy atom. The first-order valence-corrected chi connectivity index (χ1v) is 7.87. The lowest BCUT2D eigenvalue weighted by Gasteiger charge is -2.44. The summed E-state index contributed by atoms with van der Waals surface area (Å²) in [6.07, 6.45) is 0.656. The Morgan fingerprint density at radius 2 is 2.11 bits per heavy atom. The minimum absolute atomic E-state index is 0.111. The van der Waals surface area contributed by atoms with E-state index in [1.807, 2.05) is 24.3 Å². The van der Waals surface area contributed by atoms with E-state index >= 15 is 0 Å². The highest BCUT2D eigenvalue weighted by Gasteiger charge is 2.40. The van der Waals surface area contributed by atoms with E-state index in [-0.39, 0.29) is 23.5 Å². The van der Waals surface area contributed by atoms with Crippen molar-refractivity contribution in [1.29, 1.82) is 5.26 Å². The van der Waals surface area contributed by atoms with Crippen LogP contribution in [0.2, 0.25) is 0 Å². The molecule has 0 aromatic heterocycles. The maximum Gasteiger partial charge on any atom is 0.154 e. The Hall–Kier alpha value is -1.54. The first-order chi connectivity index (χ1) is 8.61. The Morgan fingerprint density at radius 3 is 2.89 bits per heavy atom. The van der Waals surface area contributed by atoms with E-state index in [0.29, 0.717) is 13.0 Å². The number of hydrogen-bond donors (Lipinski definition) is 0. The highest BCUT2D eigenvalue weighted by Crippen LogP contribution is 2.35. The van der Waals surface area contributed by atoms with Gasteiger partial charge in [-0.2, -0.15) is 5.26 Å². The van der Waals surface area contributed by atoms with E-state index in [1.165, 1.54) is 0 Å². The molecule has 1 saturated heterocycles. The third-order valence-electron chi connectivity index (χ3n) is 3.84. The molecule has 2 atom stereocenters. The molecule has 2 aliphatic heterocycles. The van der Waals surface area contributed by atoms with Crippen molar-refractivity contribution in [3.63, 3.8) is 0 Å². The topological polar surface area (TPSA) is 61.2 Å². The summed E-state index contributed by atoms with van der Waals surface area (Å²) in [5.41, 5.74) is 2.25. The van der Waals surface area contributed by atoms with Crippen molar-refractivity contribution < 1.29 is 8.42 Å². The van der Waals surface area contributed by atoms with Crippen LogP contribution in [0.1, 0.15) is 5.56 Å². The minimum Gasteiger partial charge on any atom is -0.365 e. The SMILES string of the molecule is N#C[C@H]1Cc2ccccc2N2CCS(=O)(=O)C[C@@H]12. The monoisotopic (exact) mass is 262 g/mol. The zero-order valence-corrected chi connectivity index (χ0v) is 10.7. The molecule has 0 amide bonds. The summed E-state index contributed by atoms with van der Waals surface area (Å²) < 4.78 is 23.5. The van der Waals surface area contributed by atoms with Crippen LogP contribution in [0, 0.1) is 17.2 Å². The number of nitriles is 1. The summed E-state index contributed by atoms with van der Waals surface area (Å²) in [6, 6.07) is 10.1. The standard InChI is InChI=1S/C13H14N2O2S/c14-8-11-7-10-3-1-2-4-12(10)15-5-6-18(16,17)9-13(11)15/h1-4,11,13H,5-7,9H2/t11-,13+/m1/s1. The second-order valence-corrected chi connectivity index (χ2v) is 7.17. The van der Waals surface area contributed by atoms with Gasteiger partial charge >= 0.3 is 0 Å². The number of hydrogen-bond acceptors (Lipinski definition) is 4. The van der Waals surface area contributed by atoms with Crippen molar-refractivity contribution >= 4 is 15.5 Å². The van der Waals surface area contributed by atoms with Crippen LogP contribution in [0.15, 0.2) is 24.3 Å².